The summed E-state index contributed by atoms with van der Waals surface area (Å²) in [5, 5.41) is 11.3. The number of hydrogen-bond acceptors (Lipinski definition) is 2. The van der Waals surface area contributed by atoms with Crippen LogP contribution in [0.1, 0.15) is 36.6 Å². The zero-order chi connectivity index (χ0) is 17.2. The molecular formula is C15H15F4NO3. The van der Waals surface area contributed by atoms with E-state index in [1.165, 1.54) is 0 Å². The number of benzene rings is 1. The molecular weight excluding hydrogens is 318 g/mol. The van der Waals surface area contributed by atoms with E-state index in [1.807, 2.05) is 0 Å². The quantitative estimate of drug-likeness (QED) is 0.832. The Balaban J connectivity index is 1.96. The average Bonchev–Trinajstić information content (AvgIpc) is 2.94. The van der Waals surface area contributed by atoms with Gasteiger partial charge < -0.3 is 10.4 Å². The molecule has 126 valence electrons. The molecule has 0 heterocycles. The highest BCUT2D eigenvalue weighted by molar-refractivity contribution is 5.82. The highest BCUT2D eigenvalue weighted by atomic mass is 19.4. The molecule has 0 bridgehead atoms. The molecule has 2 rings (SSSR count). The summed E-state index contributed by atoms with van der Waals surface area (Å²) >= 11 is 0. The van der Waals surface area contributed by atoms with E-state index in [9.17, 15) is 27.2 Å². The number of carboxylic acid groups (broad SMARTS) is 1. The van der Waals surface area contributed by atoms with Crippen LogP contribution < -0.4 is 5.32 Å². The molecule has 1 amide bonds. The molecule has 3 atom stereocenters. The lowest BCUT2D eigenvalue weighted by atomic mass is 10.1. The molecule has 1 fully saturated rings. The highest BCUT2D eigenvalue weighted by Crippen LogP contribution is 2.31. The van der Waals surface area contributed by atoms with E-state index < -0.39 is 41.7 Å². The van der Waals surface area contributed by atoms with Crippen LogP contribution in [0.3, 0.4) is 0 Å². The lowest BCUT2D eigenvalue weighted by Gasteiger charge is -2.15. The van der Waals surface area contributed by atoms with Gasteiger partial charge in [0.15, 0.2) is 0 Å². The Morgan fingerprint density at radius 2 is 1.78 bits per heavy atom. The van der Waals surface area contributed by atoms with Gasteiger partial charge in [-0.1, -0.05) is 12.1 Å². The first-order valence-electron chi connectivity index (χ1n) is 7.03. The monoisotopic (exact) mass is 333 g/mol. The van der Waals surface area contributed by atoms with E-state index in [1.54, 1.807) is 0 Å². The number of alkyl halides is 4. The lowest BCUT2D eigenvalue weighted by molar-refractivity contribution is -0.141. The number of carboxylic acids is 1. The molecule has 0 aliphatic heterocycles. The molecule has 0 spiro atoms. The summed E-state index contributed by atoms with van der Waals surface area (Å²) in [6.45, 7) is 0. The van der Waals surface area contributed by atoms with Crippen LogP contribution in [0.5, 0.6) is 0 Å². The molecule has 0 aromatic heterocycles. The maximum absolute atomic E-state index is 14.1. The molecule has 0 saturated heterocycles. The van der Waals surface area contributed by atoms with E-state index in [2.05, 4.69) is 5.32 Å². The number of rotatable bonds is 4. The average molecular weight is 333 g/mol. The molecule has 8 heteroatoms. The van der Waals surface area contributed by atoms with Crippen molar-refractivity contribution in [2.45, 2.75) is 37.7 Å². The van der Waals surface area contributed by atoms with Gasteiger partial charge in [-0.05, 0) is 37.0 Å². The number of halogens is 4. The second-order valence-electron chi connectivity index (χ2n) is 5.54. The SMILES string of the molecule is O=C(N[C@H]1CC[C@@H](C(=O)O)C1)C(F)c1ccc(C(F)(F)F)cc1. The van der Waals surface area contributed by atoms with E-state index >= 15 is 0 Å². The molecule has 23 heavy (non-hydrogen) atoms. The van der Waals surface area contributed by atoms with E-state index in [4.69, 9.17) is 5.11 Å². The fourth-order valence-electron chi connectivity index (χ4n) is 2.60. The van der Waals surface area contributed by atoms with Gasteiger partial charge in [0.05, 0.1) is 11.5 Å². The van der Waals surface area contributed by atoms with Gasteiger partial charge >= 0.3 is 12.1 Å². The maximum Gasteiger partial charge on any atom is 0.416 e. The topological polar surface area (TPSA) is 66.4 Å². The highest BCUT2D eigenvalue weighted by Gasteiger charge is 2.33. The minimum atomic E-state index is -4.53. The standard InChI is InChI=1S/C15H15F4NO3/c16-12(8-1-4-10(5-2-8)15(17,18)19)13(21)20-11-6-3-9(7-11)14(22)23/h1-2,4-5,9,11-12H,3,6-7H2,(H,20,21)(H,22,23)/t9-,11+,12?/m1/s1. The van der Waals surface area contributed by atoms with Crippen molar-refractivity contribution >= 4 is 11.9 Å². The van der Waals surface area contributed by atoms with Crippen molar-refractivity contribution in [1.29, 1.82) is 0 Å². The van der Waals surface area contributed by atoms with Crippen molar-refractivity contribution in [3.05, 3.63) is 35.4 Å². The first kappa shape index (κ1) is 17.2. The number of aliphatic carboxylic acids is 1. The van der Waals surface area contributed by atoms with Crippen LogP contribution in [0.2, 0.25) is 0 Å². The fourth-order valence-corrected chi connectivity index (χ4v) is 2.60. The lowest BCUT2D eigenvalue weighted by Crippen LogP contribution is -2.35. The van der Waals surface area contributed by atoms with Gasteiger partial charge in [0, 0.05) is 6.04 Å². The largest absolute Gasteiger partial charge is 0.481 e. The predicted octanol–water partition coefficient (Wildman–Crippen LogP) is 3.09. The maximum atomic E-state index is 14.1. The second-order valence-corrected chi connectivity index (χ2v) is 5.54. The number of hydrogen-bond donors (Lipinski definition) is 2. The van der Waals surface area contributed by atoms with Crippen LogP contribution in [0, 0.1) is 5.92 Å². The van der Waals surface area contributed by atoms with Crippen LogP contribution >= 0.6 is 0 Å². The summed E-state index contributed by atoms with van der Waals surface area (Å²) in [5.41, 5.74) is -1.10. The van der Waals surface area contributed by atoms with E-state index in [-0.39, 0.29) is 12.0 Å². The Labute approximate surface area is 129 Å². The zero-order valence-electron chi connectivity index (χ0n) is 11.9. The molecule has 4 nitrogen and oxygen atoms in total. The van der Waals surface area contributed by atoms with Crippen LogP contribution in [0.4, 0.5) is 17.6 Å². The van der Waals surface area contributed by atoms with Crippen molar-refractivity contribution in [3.8, 4) is 0 Å². The molecule has 2 N–H and O–H groups in total. The summed E-state index contributed by atoms with van der Waals surface area (Å²) in [6, 6.07) is 2.83. The van der Waals surface area contributed by atoms with Crippen LogP contribution in [0.15, 0.2) is 24.3 Å². The molecule has 1 aliphatic rings. The van der Waals surface area contributed by atoms with Gasteiger partial charge in [0.1, 0.15) is 0 Å². The first-order valence-corrected chi connectivity index (χ1v) is 7.03. The molecule has 1 aliphatic carbocycles. The zero-order valence-corrected chi connectivity index (χ0v) is 11.9. The summed E-state index contributed by atoms with van der Waals surface area (Å²) in [7, 11) is 0. The molecule has 1 aromatic rings. The number of carbonyl (C=O) groups is 2. The molecule has 0 radical (unpaired) electrons. The minimum absolute atomic E-state index is 0.178. The Kier molecular flexibility index (Phi) is 4.91. The van der Waals surface area contributed by atoms with E-state index in [0.717, 1.165) is 12.1 Å². The first-order chi connectivity index (χ1) is 10.7. The van der Waals surface area contributed by atoms with Crippen LogP contribution in [-0.4, -0.2) is 23.0 Å². The predicted molar refractivity (Wildman–Crippen MR) is 72.2 cm³/mol. The van der Waals surface area contributed by atoms with Crippen molar-refractivity contribution in [2.24, 2.45) is 5.92 Å². The summed E-state index contributed by atoms with van der Waals surface area (Å²) < 4.78 is 51.3. The van der Waals surface area contributed by atoms with Crippen molar-refractivity contribution in [1.82, 2.24) is 5.32 Å². The summed E-state index contributed by atoms with van der Waals surface area (Å²) in [4.78, 5) is 22.6. The molecule has 1 aromatic carbocycles. The van der Waals surface area contributed by atoms with Gasteiger partial charge in [0.25, 0.3) is 5.91 Å². The van der Waals surface area contributed by atoms with Crippen LogP contribution in [-0.2, 0) is 15.8 Å². The van der Waals surface area contributed by atoms with Gasteiger partial charge in [-0.3, -0.25) is 9.59 Å². The van der Waals surface area contributed by atoms with Crippen molar-refractivity contribution in [3.63, 3.8) is 0 Å². The van der Waals surface area contributed by atoms with Crippen molar-refractivity contribution in [2.75, 3.05) is 0 Å². The Morgan fingerprint density at radius 1 is 1.17 bits per heavy atom. The third-order valence-electron chi connectivity index (χ3n) is 3.89. The summed E-state index contributed by atoms with van der Waals surface area (Å²) in [6.07, 6.45) is -5.57. The van der Waals surface area contributed by atoms with Gasteiger partial charge in [0.2, 0.25) is 6.17 Å². The third-order valence-corrected chi connectivity index (χ3v) is 3.89. The van der Waals surface area contributed by atoms with Gasteiger partial charge in [-0.2, -0.15) is 13.2 Å². The molecule has 1 saturated carbocycles. The van der Waals surface area contributed by atoms with E-state index in [0.29, 0.717) is 25.0 Å². The summed E-state index contributed by atoms with van der Waals surface area (Å²) in [5.74, 6) is -2.49. The number of carbonyl (C=O) groups excluding carboxylic acids is 1. The third kappa shape index (κ3) is 4.20. The van der Waals surface area contributed by atoms with Gasteiger partial charge in [-0.25, -0.2) is 4.39 Å². The Morgan fingerprint density at radius 3 is 2.26 bits per heavy atom. The fraction of sp³-hybridized carbons (Fsp3) is 0.467. The second kappa shape index (κ2) is 6.55. The normalized spacial score (nSPS) is 22.6. The van der Waals surface area contributed by atoms with Gasteiger partial charge in [-0.15, -0.1) is 0 Å². The Bertz CT molecular complexity index is 585. The van der Waals surface area contributed by atoms with Crippen molar-refractivity contribution < 1.29 is 32.3 Å². The minimum Gasteiger partial charge on any atom is -0.481 e. The number of amides is 1. The molecule has 1 unspecified atom stereocenters. The smallest absolute Gasteiger partial charge is 0.416 e. The van der Waals surface area contributed by atoms with Crippen LogP contribution in [0.25, 0.3) is 0 Å². The number of nitrogens with one attached hydrogen (secondary N) is 1. The Hall–Kier alpha value is -2.12.